The van der Waals surface area contributed by atoms with Crippen LogP contribution >= 0.6 is 0 Å². The van der Waals surface area contributed by atoms with E-state index in [4.69, 9.17) is 4.74 Å². The summed E-state index contributed by atoms with van der Waals surface area (Å²) in [7, 11) is 0. The first-order valence-corrected chi connectivity index (χ1v) is 7.08. The van der Waals surface area contributed by atoms with E-state index < -0.39 is 11.4 Å². The van der Waals surface area contributed by atoms with Gasteiger partial charge in [0.25, 0.3) is 0 Å². The van der Waals surface area contributed by atoms with Gasteiger partial charge in [-0.15, -0.1) is 0 Å². The molecule has 2 rings (SSSR count). The quantitative estimate of drug-likeness (QED) is 0.801. The second kappa shape index (κ2) is 5.85. The molecule has 1 saturated carbocycles. The van der Waals surface area contributed by atoms with E-state index in [0.29, 0.717) is 6.10 Å². The maximum absolute atomic E-state index is 11.5. The Morgan fingerprint density at radius 3 is 2.59 bits per heavy atom. The summed E-state index contributed by atoms with van der Waals surface area (Å²) in [6.07, 6.45) is 10.8. The molecule has 98 valence electrons. The molecular formula is C14H24O3. The minimum atomic E-state index is -0.565. The van der Waals surface area contributed by atoms with Crippen LogP contribution in [0.15, 0.2) is 0 Å². The van der Waals surface area contributed by atoms with Gasteiger partial charge in [0.1, 0.15) is 0 Å². The number of carbonyl (C=O) groups is 1. The molecule has 2 aliphatic rings. The fourth-order valence-corrected chi connectivity index (χ4v) is 3.34. The lowest BCUT2D eigenvalue weighted by molar-refractivity contribution is -0.151. The van der Waals surface area contributed by atoms with Gasteiger partial charge in [-0.3, -0.25) is 4.79 Å². The van der Waals surface area contributed by atoms with Crippen molar-refractivity contribution in [3.05, 3.63) is 0 Å². The molecule has 1 saturated heterocycles. The topological polar surface area (TPSA) is 46.5 Å². The molecule has 0 aromatic rings. The normalized spacial score (nSPS) is 28.1. The maximum atomic E-state index is 11.5. The van der Waals surface area contributed by atoms with E-state index in [1.807, 2.05) is 0 Å². The number of carboxylic acids is 1. The second-order valence-electron chi connectivity index (χ2n) is 5.67. The van der Waals surface area contributed by atoms with Crippen LogP contribution < -0.4 is 0 Å². The van der Waals surface area contributed by atoms with Crippen LogP contribution in [0.25, 0.3) is 0 Å². The van der Waals surface area contributed by atoms with Crippen molar-refractivity contribution in [2.75, 3.05) is 6.61 Å². The van der Waals surface area contributed by atoms with E-state index in [0.717, 1.165) is 51.6 Å². The van der Waals surface area contributed by atoms with Gasteiger partial charge >= 0.3 is 5.97 Å². The summed E-state index contributed by atoms with van der Waals surface area (Å²) < 4.78 is 5.59. The van der Waals surface area contributed by atoms with Crippen LogP contribution in [0, 0.1) is 5.41 Å². The monoisotopic (exact) mass is 240 g/mol. The Morgan fingerprint density at radius 2 is 2.00 bits per heavy atom. The summed E-state index contributed by atoms with van der Waals surface area (Å²) in [6, 6.07) is 0. The molecule has 1 unspecified atom stereocenters. The highest BCUT2D eigenvalue weighted by Crippen LogP contribution is 2.41. The highest BCUT2D eigenvalue weighted by Gasteiger charge is 2.38. The number of hydrogen-bond acceptors (Lipinski definition) is 2. The summed E-state index contributed by atoms with van der Waals surface area (Å²) in [5, 5.41) is 9.45. The van der Waals surface area contributed by atoms with Crippen LogP contribution in [0.3, 0.4) is 0 Å². The minimum Gasteiger partial charge on any atom is -0.481 e. The molecule has 1 heterocycles. The molecule has 1 atom stereocenters. The van der Waals surface area contributed by atoms with Crippen LogP contribution in [0.4, 0.5) is 0 Å². The van der Waals surface area contributed by atoms with Crippen LogP contribution in [-0.2, 0) is 9.53 Å². The van der Waals surface area contributed by atoms with Gasteiger partial charge in [-0.2, -0.15) is 0 Å². The van der Waals surface area contributed by atoms with Crippen molar-refractivity contribution >= 4 is 5.97 Å². The molecule has 0 bridgehead atoms. The van der Waals surface area contributed by atoms with Crippen LogP contribution in [0.1, 0.15) is 64.2 Å². The van der Waals surface area contributed by atoms with Crippen molar-refractivity contribution in [1.82, 2.24) is 0 Å². The summed E-state index contributed by atoms with van der Waals surface area (Å²) >= 11 is 0. The Balaban J connectivity index is 1.78. The first-order chi connectivity index (χ1) is 8.23. The average molecular weight is 240 g/mol. The Morgan fingerprint density at radius 1 is 1.24 bits per heavy atom. The van der Waals surface area contributed by atoms with Gasteiger partial charge in [-0.05, 0) is 44.9 Å². The molecule has 3 heteroatoms. The fourth-order valence-electron chi connectivity index (χ4n) is 3.34. The Kier molecular flexibility index (Phi) is 4.43. The maximum Gasteiger partial charge on any atom is 0.309 e. The van der Waals surface area contributed by atoms with Gasteiger partial charge < -0.3 is 9.84 Å². The zero-order valence-corrected chi connectivity index (χ0v) is 10.6. The van der Waals surface area contributed by atoms with Gasteiger partial charge in [0, 0.05) is 6.61 Å². The van der Waals surface area contributed by atoms with Crippen molar-refractivity contribution in [1.29, 1.82) is 0 Å². The van der Waals surface area contributed by atoms with Crippen LogP contribution in [0.2, 0.25) is 0 Å². The van der Waals surface area contributed by atoms with Gasteiger partial charge in [0.05, 0.1) is 11.5 Å². The fraction of sp³-hybridized carbons (Fsp3) is 0.929. The Labute approximate surface area is 104 Å². The SMILES string of the molecule is O=C(O)C1(CCCC2CCCO2)CCCCC1. The van der Waals surface area contributed by atoms with E-state index in [1.165, 1.54) is 19.3 Å². The summed E-state index contributed by atoms with van der Waals surface area (Å²) in [6.45, 7) is 0.898. The molecule has 0 aromatic heterocycles. The molecule has 1 N–H and O–H groups in total. The first kappa shape index (κ1) is 12.9. The van der Waals surface area contributed by atoms with Gasteiger partial charge in [0.15, 0.2) is 0 Å². The van der Waals surface area contributed by atoms with E-state index in [2.05, 4.69) is 0 Å². The third-order valence-corrected chi connectivity index (χ3v) is 4.47. The smallest absolute Gasteiger partial charge is 0.309 e. The molecule has 3 nitrogen and oxygen atoms in total. The molecule has 1 aliphatic carbocycles. The van der Waals surface area contributed by atoms with Gasteiger partial charge in [-0.1, -0.05) is 19.3 Å². The summed E-state index contributed by atoms with van der Waals surface area (Å²) in [5.41, 5.74) is -0.406. The number of rotatable bonds is 5. The second-order valence-corrected chi connectivity index (χ2v) is 5.67. The number of carboxylic acid groups (broad SMARTS) is 1. The molecule has 0 amide bonds. The zero-order valence-electron chi connectivity index (χ0n) is 10.6. The highest BCUT2D eigenvalue weighted by molar-refractivity contribution is 5.74. The average Bonchev–Trinajstić information content (AvgIpc) is 2.83. The van der Waals surface area contributed by atoms with Crippen molar-refractivity contribution < 1.29 is 14.6 Å². The van der Waals surface area contributed by atoms with Gasteiger partial charge in [0.2, 0.25) is 0 Å². The van der Waals surface area contributed by atoms with E-state index in [9.17, 15) is 9.90 Å². The lowest BCUT2D eigenvalue weighted by atomic mass is 9.71. The van der Waals surface area contributed by atoms with Crippen LogP contribution in [0.5, 0.6) is 0 Å². The molecule has 0 spiro atoms. The lowest BCUT2D eigenvalue weighted by Gasteiger charge is -2.33. The predicted molar refractivity (Wildman–Crippen MR) is 66.0 cm³/mol. The molecule has 17 heavy (non-hydrogen) atoms. The third-order valence-electron chi connectivity index (χ3n) is 4.47. The number of ether oxygens (including phenoxy) is 1. The number of hydrogen-bond donors (Lipinski definition) is 1. The molecule has 0 radical (unpaired) electrons. The van der Waals surface area contributed by atoms with Crippen molar-refractivity contribution in [3.63, 3.8) is 0 Å². The Hall–Kier alpha value is -0.570. The van der Waals surface area contributed by atoms with Gasteiger partial charge in [-0.25, -0.2) is 0 Å². The Bertz CT molecular complexity index is 250. The van der Waals surface area contributed by atoms with Crippen molar-refractivity contribution in [2.45, 2.75) is 70.3 Å². The molecular weight excluding hydrogens is 216 g/mol. The minimum absolute atomic E-state index is 0.406. The summed E-state index contributed by atoms with van der Waals surface area (Å²) in [4.78, 5) is 11.5. The van der Waals surface area contributed by atoms with E-state index in [1.54, 1.807) is 0 Å². The lowest BCUT2D eigenvalue weighted by Crippen LogP contribution is -2.33. The van der Waals surface area contributed by atoms with Crippen LogP contribution in [-0.4, -0.2) is 23.8 Å². The van der Waals surface area contributed by atoms with Crippen molar-refractivity contribution in [2.24, 2.45) is 5.41 Å². The molecule has 0 aromatic carbocycles. The molecule has 2 fully saturated rings. The third kappa shape index (κ3) is 3.21. The number of aliphatic carboxylic acids is 1. The van der Waals surface area contributed by atoms with Crippen molar-refractivity contribution in [3.8, 4) is 0 Å². The highest BCUT2D eigenvalue weighted by atomic mass is 16.5. The zero-order chi connectivity index (χ0) is 12.1. The molecule has 1 aliphatic heterocycles. The summed E-state index contributed by atoms with van der Waals surface area (Å²) in [5.74, 6) is -0.565. The standard InChI is InChI=1S/C14H24O3/c15-13(16)14(8-2-1-3-9-14)10-4-6-12-7-5-11-17-12/h12H,1-11H2,(H,15,16). The largest absolute Gasteiger partial charge is 0.481 e. The van der Waals surface area contributed by atoms with E-state index >= 15 is 0 Å². The predicted octanol–water partition coefficient (Wildman–Crippen LogP) is 3.37. The first-order valence-electron chi connectivity index (χ1n) is 7.08. The van der Waals surface area contributed by atoms with E-state index in [-0.39, 0.29) is 0 Å².